The Kier molecular flexibility index (Phi) is 11.8. The van der Waals surface area contributed by atoms with Crippen molar-refractivity contribution in [2.75, 3.05) is 19.6 Å². The van der Waals surface area contributed by atoms with Crippen molar-refractivity contribution in [1.29, 1.82) is 0 Å². The highest BCUT2D eigenvalue weighted by atomic mass is 16.1. The normalized spacial score (nSPS) is 11.1. The number of unbranched alkanes of at least 4 members (excludes halogenated alkanes) is 6. The summed E-state index contributed by atoms with van der Waals surface area (Å²) in [6, 6.07) is 0. The lowest BCUT2D eigenvalue weighted by molar-refractivity contribution is -0.118. The number of carbonyl (C=O) groups excluding carboxylic acids is 1. The van der Waals surface area contributed by atoms with Crippen LogP contribution < -0.4 is 0 Å². The van der Waals surface area contributed by atoms with E-state index in [0.717, 1.165) is 13.1 Å². The molecule has 0 bridgehead atoms. The van der Waals surface area contributed by atoms with Gasteiger partial charge in [0.2, 0.25) is 0 Å². The van der Waals surface area contributed by atoms with E-state index in [2.05, 4.69) is 18.7 Å². The fourth-order valence-electron chi connectivity index (χ4n) is 2.11. The molecule has 0 spiro atoms. The van der Waals surface area contributed by atoms with Crippen LogP contribution in [0.25, 0.3) is 0 Å². The number of nitrogens with zero attached hydrogens (tertiary/aromatic N) is 1. The Morgan fingerprint density at radius 2 is 1.29 bits per heavy atom. The fraction of sp³-hybridized carbons (Fsp3) is 0.933. The van der Waals surface area contributed by atoms with Crippen molar-refractivity contribution in [1.82, 2.24) is 4.90 Å². The first kappa shape index (κ1) is 16.6. The van der Waals surface area contributed by atoms with E-state index in [9.17, 15) is 4.79 Å². The van der Waals surface area contributed by atoms with E-state index in [1.54, 1.807) is 6.92 Å². The Morgan fingerprint density at radius 3 is 1.65 bits per heavy atom. The molecular weight excluding hydrogens is 210 g/mol. The molecule has 0 fully saturated rings. The van der Waals surface area contributed by atoms with Gasteiger partial charge in [0.15, 0.2) is 0 Å². The topological polar surface area (TPSA) is 20.3 Å². The molecule has 0 rings (SSSR count). The van der Waals surface area contributed by atoms with E-state index < -0.39 is 0 Å². The van der Waals surface area contributed by atoms with Crippen LogP contribution >= 0.6 is 0 Å². The molecule has 0 heterocycles. The summed E-state index contributed by atoms with van der Waals surface area (Å²) < 4.78 is 0. The van der Waals surface area contributed by atoms with E-state index in [1.807, 2.05) is 0 Å². The summed E-state index contributed by atoms with van der Waals surface area (Å²) in [6.07, 6.45) is 10.3. The molecule has 0 saturated carbocycles. The van der Waals surface area contributed by atoms with Crippen molar-refractivity contribution >= 4 is 5.78 Å². The van der Waals surface area contributed by atoms with Crippen molar-refractivity contribution < 1.29 is 4.79 Å². The first-order valence-electron chi connectivity index (χ1n) is 7.42. The number of hydrogen-bond acceptors (Lipinski definition) is 2. The first-order valence-corrected chi connectivity index (χ1v) is 7.42. The molecule has 0 N–H and O–H groups in total. The summed E-state index contributed by atoms with van der Waals surface area (Å²) in [5, 5.41) is 0. The van der Waals surface area contributed by atoms with Crippen LogP contribution in [-0.2, 0) is 4.79 Å². The summed E-state index contributed by atoms with van der Waals surface area (Å²) >= 11 is 0. The Balaban J connectivity index is 3.68. The van der Waals surface area contributed by atoms with Gasteiger partial charge in [-0.3, -0.25) is 9.69 Å². The second kappa shape index (κ2) is 12.1. The fourth-order valence-corrected chi connectivity index (χ4v) is 2.11. The smallest absolute Gasteiger partial charge is 0.143 e. The standard InChI is InChI=1S/C15H31NO/c1-4-6-8-10-12-16(14-15(3)17)13-11-9-7-5-2/h4-14H2,1-3H3. The molecule has 0 aliphatic heterocycles. The van der Waals surface area contributed by atoms with Gasteiger partial charge in [0.25, 0.3) is 0 Å². The van der Waals surface area contributed by atoms with Crippen LogP contribution in [0.4, 0.5) is 0 Å². The Bertz CT molecular complexity index is 168. The van der Waals surface area contributed by atoms with Gasteiger partial charge in [-0.15, -0.1) is 0 Å². The second-order valence-electron chi connectivity index (χ2n) is 5.10. The lowest BCUT2D eigenvalue weighted by atomic mass is 10.1. The van der Waals surface area contributed by atoms with Crippen molar-refractivity contribution in [2.45, 2.75) is 72.1 Å². The number of rotatable bonds is 12. The predicted octanol–water partition coefficient (Wildman–Crippen LogP) is 4.04. The second-order valence-corrected chi connectivity index (χ2v) is 5.10. The van der Waals surface area contributed by atoms with Gasteiger partial charge in [0.05, 0.1) is 6.54 Å². The van der Waals surface area contributed by atoms with E-state index in [-0.39, 0.29) is 0 Å². The molecule has 0 aromatic heterocycles. The van der Waals surface area contributed by atoms with Gasteiger partial charge in [-0.1, -0.05) is 52.4 Å². The van der Waals surface area contributed by atoms with Crippen LogP contribution in [0.2, 0.25) is 0 Å². The third-order valence-corrected chi connectivity index (χ3v) is 3.10. The molecule has 2 nitrogen and oxygen atoms in total. The highest BCUT2D eigenvalue weighted by Gasteiger charge is 2.06. The van der Waals surface area contributed by atoms with Gasteiger partial charge in [-0.25, -0.2) is 0 Å². The zero-order chi connectivity index (χ0) is 12.9. The Labute approximate surface area is 108 Å². The van der Waals surface area contributed by atoms with Crippen molar-refractivity contribution in [3.8, 4) is 0 Å². The van der Waals surface area contributed by atoms with Gasteiger partial charge in [0, 0.05) is 0 Å². The number of hydrogen-bond donors (Lipinski definition) is 0. The van der Waals surface area contributed by atoms with Gasteiger partial charge in [0.1, 0.15) is 5.78 Å². The summed E-state index contributed by atoms with van der Waals surface area (Å²) in [5.74, 6) is 0.302. The molecule has 102 valence electrons. The first-order chi connectivity index (χ1) is 8.20. The monoisotopic (exact) mass is 241 g/mol. The zero-order valence-corrected chi connectivity index (χ0v) is 12.1. The third-order valence-electron chi connectivity index (χ3n) is 3.10. The minimum Gasteiger partial charge on any atom is -0.299 e. The van der Waals surface area contributed by atoms with Crippen LogP contribution in [0.1, 0.15) is 72.1 Å². The van der Waals surface area contributed by atoms with Crippen LogP contribution in [-0.4, -0.2) is 30.3 Å². The van der Waals surface area contributed by atoms with Gasteiger partial charge in [-0.2, -0.15) is 0 Å². The van der Waals surface area contributed by atoms with Crippen molar-refractivity contribution in [3.05, 3.63) is 0 Å². The van der Waals surface area contributed by atoms with Crippen molar-refractivity contribution in [3.63, 3.8) is 0 Å². The Morgan fingerprint density at radius 1 is 0.824 bits per heavy atom. The maximum absolute atomic E-state index is 11.2. The predicted molar refractivity (Wildman–Crippen MR) is 75.4 cm³/mol. The van der Waals surface area contributed by atoms with Gasteiger partial charge in [-0.05, 0) is 32.9 Å². The molecule has 0 aliphatic rings. The average molecular weight is 241 g/mol. The van der Waals surface area contributed by atoms with Crippen LogP contribution in [0.5, 0.6) is 0 Å². The maximum atomic E-state index is 11.2. The quantitative estimate of drug-likeness (QED) is 0.481. The van der Waals surface area contributed by atoms with Gasteiger partial charge >= 0.3 is 0 Å². The molecule has 0 radical (unpaired) electrons. The van der Waals surface area contributed by atoms with E-state index in [4.69, 9.17) is 0 Å². The molecule has 0 atom stereocenters. The highest BCUT2D eigenvalue weighted by Crippen LogP contribution is 2.05. The van der Waals surface area contributed by atoms with Crippen LogP contribution in [0, 0.1) is 0 Å². The minimum atomic E-state index is 0.302. The summed E-state index contributed by atoms with van der Waals surface area (Å²) in [5.41, 5.74) is 0. The molecule has 2 heteroatoms. The number of Topliss-reactive ketones (excluding diaryl/α,β-unsaturated/α-hetero) is 1. The van der Waals surface area contributed by atoms with Gasteiger partial charge < -0.3 is 0 Å². The van der Waals surface area contributed by atoms with Crippen LogP contribution in [0.3, 0.4) is 0 Å². The van der Waals surface area contributed by atoms with E-state index in [1.165, 1.54) is 51.4 Å². The lowest BCUT2D eigenvalue weighted by Crippen LogP contribution is -2.30. The maximum Gasteiger partial charge on any atom is 0.143 e. The minimum absolute atomic E-state index is 0.302. The lowest BCUT2D eigenvalue weighted by Gasteiger charge is -2.20. The summed E-state index contributed by atoms with van der Waals surface area (Å²) in [6.45, 7) is 9.02. The third kappa shape index (κ3) is 11.9. The molecule has 0 unspecified atom stereocenters. The summed E-state index contributed by atoms with van der Waals surface area (Å²) in [7, 11) is 0. The van der Waals surface area contributed by atoms with E-state index >= 15 is 0 Å². The van der Waals surface area contributed by atoms with Crippen LogP contribution in [0.15, 0.2) is 0 Å². The average Bonchev–Trinajstić information content (AvgIpc) is 2.29. The summed E-state index contributed by atoms with van der Waals surface area (Å²) in [4.78, 5) is 13.5. The highest BCUT2D eigenvalue weighted by molar-refractivity contribution is 5.77. The molecule has 0 aliphatic carbocycles. The van der Waals surface area contributed by atoms with E-state index in [0.29, 0.717) is 12.3 Å². The molecular formula is C15H31NO. The zero-order valence-electron chi connectivity index (χ0n) is 12.1. The molecule has 0 aromatic carbocycles. The molecule has 0 aromatic rings. The van der Waals surface area contributed by atoms with Crippen molar-refractivity contribution in [2.24, 2.45) is 0 Å². The Hall–Kier alpha value is -0.370. The number of ketones is 1. The molecule has 0 amide bonds. The molecule has 0 saturated heterocycles. The largest absolute Gasteiger partial charge is 0.299 e. The SMILES string of the molecule is CCCCCCN(CCCCCC)CC(C)=O. The number of carbonyl (C=O) groups is 1. The molecule has 17 heavy (non-hydrogen) atoms.